The SMILES string of the molecule is O=C(NCC1CCCO1)N1CCCN(C(=O)c2c[nH]c3ccccc23)CC1. The van der Waals surface area contributed by atoms with Gasteiger partial charge in [-0.05, 0) is 25.3 Å². The number of carbonyl (C=O) groups excluding carboxylic acids is 2. The molecule has 1 aromatic carbocycles. The highest BCUT2D eigenvalue weighted by Crippen LogP contribution is 2.20. The first-order valence-corrected chi connectivity index (χ1v) is 9.72. The fraction of sp³-hybridized carbons (Fsp3) is 0.500. The Morgan fingerprint density at radius 1 is 1.11 bits per heavy atom. The quantitative estimate of drug-likeness (QED) is 0.870. The van der Waals surface area contributed by atoms with Crippen molar-refractivity contribution in [1.29, 1.82) is 0 Å². The second-order valence-electron chi connectivity index (χ2n) is 7.20. The fourth-order valence-electron chi connectivity index (χ4n) is 3.86. The molecule has 0 aliphatic carbocycles. The molecule has 0 bridgehead atoms. The van der Waals surface area contributed by atoms with E-state index in [1.807, 2.05) is 29.2 Å². The molecular weight excluding hydrogens is 344 g/mol. The van der Waals surface area contributed by atoms with Crippen molar-refractivity contribution in [1.82, 2.24) is 20.1 Å². The number of rotatable bonds is 3. The van der Waals surface area contributed by atoms with Crippen molar-refractivity contribution in [2.75, 3.05) is 39.3 Å². The molecule has 27 heavy (non-hydrogen) atoms. The smallest absolute Gasteiger partial charge is 0.317 e. The van der Waals surface area contributed by atoms with E-state index < -0.39 is 0 Å². The number of H-pyrrole nitrogens is 1. The van der Waals surface area contributed by atoms with Gasteiger partial charge < -0.3 is 24.8 Å². The summed E-state index contributed by atoms with van der Waals surface area (Å²) in [6.07, 6.45) is 4.77. The van der Waals surface area contributed by atoms with Crippen LogP contribution in [-0.2, 0) is 4.74 Å². The summed E-state index contributed by atoms with van der Waals surface area (Å²) in [5.74, 6) is 0.0223. The Morgan fingerprint density at radius 3 is 2.78 bits per heavy atom. The number of urea groups is 1. The Labute approximate surface area is 158 Å². The van der Waals surface area contributed by atoms with Crippen molar-refractivity contribution in [3.63, 3.8) is 0 Å². The summed E-state index contributed by atoms with van der Waals surface area (Å²) in [6, 6.07) is 7.75. The zero-order valence-electron chi connectivity index (χ0n) is 15.4. The predicted molar refractivity (Wildman–Crippen MR) is 103 cm³/mol. The number of nitrogens with one attached hydrogen (secondary N) is 2. The van der Waals surface area contributed by atoms with Gasteiger partial charge in [-0.15, -0.1) is 0 Å². The van der Waals surface area contributed by atoms with Crippen molar-refractivity contribution >= 4 is 22.8 Å². The Kier molecular flexibility index (Phi) is 5.29. The number of benzene rings is 1. The summed E-state index contributed by atoms with van der Waals surface area (Å²) in [4.78, 5) is 32.2. The number of amides is 3. The van der Waals surface area contributed by atoms with Crippen molar-refractivity contribution in [2.24, 2.45) is 0 Å². The van der Waals surface area contributed by atoms with Crippen LogP contribution >= 0.6 is 0 Å². The topological polar surface area (TPSA) is 77.7 Å². The first kappa shape index (κ1) is 17.9. The number of ether oxygens (including phenoxy) is 1. The zero-order chi connectivity index (χ0) is 18.6. The Hall–Kier alpha value is -2.54. The number of hydrogen-bond acceptors (Lipinski definition) is 3. The van der Waals surface area contributed by atoms with Gasteiger partial charge in [0.1, 0.15) is 0 Å². The molecule has 0 spiro atoms. The lowest BCUT2D eigenvalue weighted by Gasteiger charge is -2.23. The van der Waals surface area contributed by atoms with E-state index >= 15 is 0 Å². The van der Waals surface area contributed by atoms with E-state index in [9.17, 15) is 9.59 Å². The summed E-state index contributed by atoms with van der Waals surface area (Å²) in [5, 5.41) is 3.91. The number of nitrogens with zero attached hydrogens (tertiary/aromatic N) is 2. The molecule has 3 heterocycles. The van der Waals surface area contributed by atoms with E-state index in [0.717, 1.165) is 36.8 Å². The van der Waals surface area contributed by atoms with Gasteiger partial charge >= 0.3 is 6.03 Å². The number of aromatic amines is 1. The Bertz CT molecular complexity index is 812. The van der Waals surface area contributed by atoms with Crippen molar-refractivity contribution in [3.8, 4) is 0 Å². The molecule has 1 unspecified atom stereocenters. The molecule has 2 aliphatic heterocycles. The van der Waals surface area contributed by atoms with Crippen LogP contribution in [-0.4, -0.2) is 72.2 Å². The van der Waals surface area contributed by atoms with Gasteiger partial charge in [-0.1, -0.05) is 18.2 Å². The minimum absolute atomic E-state index is 0.0223. The van der Waals surface area contributed by atoms with Crippen LogP contribution in [0.3, 0.4) is 0 Å². The maximum atomic E-state index is 13.0. The molecular formula is C20H26N4O3. The standard InChI is InChI=1S/C20H26N4O3/c25-19(17-14-21-18-7-2-1-6-16(17)18)23-8-4-9-24(11-10-23)20(26)22-13-15-5-3-12-27-15/h1-2,6-7,14-15,21H,3-5,8-13H2,(H,22,26). The van der Waals surface area contributed by atoms with Crippen LogP contribution in [0.5, 0.6) is 0 Å². The van der Waals surface area contributed by atoms with Crippen molar-refractivity contribution < 1.29 is 14.3 Å². The van der Waals surface area contributed by atoms with E-state index in [2.05, 4.69) is 10.3 Å². The average Bonchev–Trinajstić information content (AvgIpc) is 3.29. The minimum Gasteiger partial charge on any atom is -0.376 e. The average molecular weight is 370 g/mol. The van der Waals surface area contributed by atoms with Gasteiger partial charge in [0.25, 0.3) is 5.91 Å². The van der Waals surface area contributed by atoms with Crippen LogP contribution in [0.25, 0.3) is 10.9 Å². The van der Waals surface area contributed by atoms with Gasteiger partial charge in [-0.2, -0.15) is 0 Å². The van der Waals surface area contributed by atoms with E-state index in [1.165, 1.54) is 0 Å². The number of fused-ring (bicyclic) bond motifs is 1. The third-order valence-corrected chi connectivity index (χ3v) is 5.39. The summed E-state index contributed by atoms with van der Waals surface area (Å²) in [6.45, 7) is 3.77. The molecule has 7 nitrogen and oxygen atoms in total. The molecule has 144 valence electrons. The highest BCUT2D eigenvalue weighted by Gasteiger charge is 2.25. The lowest BCUT2D eigenvalue weighted by molar-refractivity contribution is 0.0764. The van der Waals surface area contributed by atoms with E-state index in [1.54, 1.807) is 11.1 Å². The van der Waals surface area contributed by atoms with Crippen molar-refractivity contribution in [3.05, 3.63) is 36.0 Å². The first-order valence-electron chi connectivity index (χ1n) is 9.72. The monoisotopic (exact) mass is 370 g/mol. The second kappa shape index (κ2) is 8.00. The number of aromatic nitrogens is 1. The molecule has 2 fully saturated rings. The minimum atomic E-state index is -0.0631. The van der Waals surface area contributed by atoms with E-state index in [0.29, 0.717) is 38.3 Å². The summed E-state index contributed by atoms with van der Waals surface area (Å²) < 4.78 is 5.55. The van der Waals surface area contributed by atoms with Crippen molar-refractivity contribution in [2.45, 2.75) is 25.4 Å². The molecule has 2 saturated heterocycles. The Morgan fingerprint density at radius 2 is 1.93 bits per heavy atom. The molecule has 1 aromatic heterocycles. The van der Waals surface area contributed by atoms with Gasteiger partial charge in [-0.25, -0.2) is 4.79 Å². The van der Waals surface area contributed by atoms with Crippen LogP contribution < -0.4 is 5.32 Å². The predicted octanol–water partition coefficient (Wildman–Crippen LogP) is 2.20. The summed E-state index contributed by atoms with van der Waals surface area (Å²) in [7, 11) is 0. The lowest BCUT2D eigenvalue weighted by Crippen LogP contribution is -2.44. The number of carbonyl (C=O) groups is 2. The first-order chi connectivity index (χ1) is 13.2. The number of hydrogen-bond donors (Lipinski definition) is 2. The third-order valence-electron chi connectivity index (χ3n) is 5.39. The van der Waals surface area contributed by atoms with Gasteiger partial charge in [0, 0.05) is 56.4 Å². The molecule has 0 radical (unpaired) electrons. The van der Waals surface area contributed by atoms with Crippen LogP contribution in [0, 0.1) is 0 Å². The summed E-state index contributed by atoms with van der Waals surface area (Å²) in [5.41, 5.74) is 1.66. The number of para-hydroxylation sites is 1. The maximum Gasteiger partial charge on any atom is 0.317 e. The molecule has 2 aromatic rings. The highest BCUT2D eigenvalue weighted by atomic mass is 16.5. The normalized spacial score (nSPS) is 20.7. The summed E-state index contributed by atoms with van der Waals surface area (Å²) >= 11 is 0. The zero-order valence-corrected chi connectivity index (χ0v) is 15.4. The molecule has 1 atom stereocenters. The van der Waals surface area contributed by atoms with E-state index in [4.69, 9.17) is 4.74 Å². The molecule has 3 amide bonds. The molecule has 2 aliphatic rings. The van der Waals surface area contributed by atoms with Gasteiger partial charge in [0.05, 0.1) is 11.7 Å². The molecule has 2 N–H and O–H groups in total. The van der Waals surface area contributed by atoms with E-state index in [-0.39, 0.29) is 18.0 Å². The van der Waals surface area contributed by atoms with Gasteiger partial charge in [-0.3, -0.25) is 4.79 Å². The highest BCUT2D eigenvalue weighted by molar-refractivity contribution is 6.06. The van der Waals surface area contributed by atoms with Gasteiger partial charge in [0.2, 0.25) is 0 Å². The maximum absolute atomic E-state index is 13.0. The van der Waals surface area contributed by atoms with Crippen LogP contribution in [0.4, 0.5) is 4.79 Å². The lowest BCUT2D eigenvalue weighted by atomic mass is 10.1. The third kappa shape index (κ3) is 3.93. The molecule has 7 heteroatoms. The van der Waals surface area contributed by atoms with Crippen LogP contribution in [0.2, 0.25) is 0 Å². The molecule has 4 rings (SSSR count). The molecule has 0 saturated carbocycles. The Balaban J connectivity index is 1.35. The van der Waals surface area contributed by atoms with Crippen LogP contribution in [0.1, 0.15) is 29.6 Å². The fourth-order valence-corrected chi connectivity index (χ4v) is 3.86. The van der Waals surface area contributed by atoms with Gasteiger partial charge in [0.15, 0.2) is 0 Å². The van der Waals surface area contributed by atoms with Crippen LogP contribution in [0.15, 0.2) is 30.5 Å². The second-order valence-corrected chi connectivity index (χ2v) is 7.20. The largest absolute Gasteiger partial charge is 0.376 e.